The molecule has 0 spiro atoms. The quantitative estimate of drug-likeness (QED) is 0.657. The molecule has 1 fully saturated rings. The SMILES string of the molecule is CC1(C(C)(C#N)OCCCO)CC1. The molecule has 1 rings (SSSR count). The van der Waals surface area contributed by atoms with Crippen molar-refractivity contribution < 1.29 is 9.84 Å². The summed E-state index contributed by atoms with van der Waals surface area (Å²) in [5.41, 5.74) is -0.626. The molecule has 0 saturated heterocycles. The van der Waals surface area contributed by atoms with Crippen LogP contribution in [0, 0.1) is 16.7 Å². The van der Waals surface area contributed by atoms with Crippen LogP contribution in [0.1, 0.15) is 33.1 Å². The number of nitriles is 1. The maximum absolute atomic E-state index is 9.02. The summed E-state index contributed by atoms with van der Waals surface area (Å²) in [4.78, 5) is 0. The highest BCUT2D eigenvalue weighted by Crippen LogP contribution is 2.54. The molecule has 0 amide bonds. The van der Waals surface area contributed by atoms with E-state index in [0.717, 1.165) is 12.8 Å². The van der Waals surface area contributed by atoms with Gasteiger partial charge in [0, 0.05) is 12.0 Å². The topological polar surface area (TPSA) is 53.2 Å². The Kier molecular flexibility index (Phi) is 2.94. The number of ether oxygens (including phenoxy) is 1. The van der Waals surface area contributed by atoms with Gasteiger partial charge in [-0.1, -0.05) is 6.92 Å². The van der Waals surface area contributed by atoms with E-state index in [1.54, 1.807) is 0 Å². The minimum absolute atomic E-state index is 0.0389. The van der Waals surface area contributed by atoms with Crippen molar-refractivity contribution in [3.8, 4) is 6.07 Å². The summed E-state index contributed by atoms with van der Waals surface area (Å²) in [6, 6.07) is 2.24. The first-order valence-electron chi connectivity index (χ1n) is 4.74. The number of aliphatic hydroxyl groups is 1. The molecule has 1 saturated carbocycles. The zero-order chi connectivity index (χ0) is 9.95. The minimum atomic E-state index is -0.665. The molecular weight excluding hydrogens is 166 g/mol. The molecule has 3 nitrogen and oxygen atoms in total. The van der Waals surface area contributed by atoms with Crippen molar-refractivity contribution in [2.75, 3.05) is 13.2 Å². The maximum atomic E-state index is 9.02. The van der Waals surface area contributed by atoms with Gasteiger partial charge >= 0.3 is 0 Å². The third kappa shape index (κ3) is 2.01. The summed E-state index contributed by atoms with van der Waals surface area (Å²) < 4.78 is 5.52. The third-order valence-electron chi connectivity index (χ3n) is 3.06. The Morgan fingerprint density at radius 2 is 2.23 bits per heavy atom. The fourth-order valence-corrected chi connectivity index (χ4v) is 1.35. The van der Waals surface area contributed by atoms with Gasteiger partial charge in [0.15, 0.2) is 5.60 Å². The summed E-state index contributed by atoms with van der Waals surface area (Å²) in [5, 5.41) is 17.6. The molecule has 0 heterocycles. The molecule has 1 N–H and O–H groups in total. The zero-order valence-electron chi connectivity index (χ0n) is 8.34. The monoisotopic (exact) mass is 183 g/mol. The van der Waals surface area contributed by atoms with Gasteiger partial charge in [-0.25, -0.2) is 0 Å². The van der Waals surface area contributed by atoms with E-state index < -0.39 is 5.60 Å². The highest BCUT2D eigenvalue weighted by atomic mass is 16.5. The summed E-state index contributed by atoms with van der Waals surface area (Å²) in [7, 11) is 0. The van der Waals surface area contributed by atoms with Gasteiger partial charge in [-0.2, -0.15) is 5.26 Å². The lowest BCUT2D eigenvalue weighted by molar-refractivity contribution is -0.0408. The number of rotatable bonds is 5. The van der Waals surface area contributed by atoms with Crippen LogP contribution in [0.5, 0.6) is 0 Å². The van der Waals surface area contributed by atoms with E-state index in [1.807, 2.05) is 6.92 Å². The largest absolute Gasteiger partial charge is 0.396 e. The van der Waals surface area contributed by atoms with Crippen molar-refractivity contribution >= 4 is 0 Å². The average molecular weight is 183 g/mol. The molecule has 0 aromatic rings. The van der Waals surface area contributed by atoms with Gasteiger partial charge in [0.05, 0.1) is 12.7 Å². The van der Waals surface area contributed by atoms with E-state index in [2.05, 4.69) is 13.0 Å². The number of hydrogen-bond acceptors (Lipinski definition) is 3. The standard InChI is InChI=1S/C10H17NO2/c1-9(4-5-9)10(2,8-11)13-7-3-6-12/h12H,3-7H2,1-2H3. The van der Waals surface area contributed by atoms with Gasteiger partial charge in [0.2, 0.25) is 0 Å². The molecule has 74 valence electrons. The molecule has 1 unspecified atom stereocenters. The Balaban J connectivity index is 2.46. The lowest BCUT2D eigenvalue weighted by Gasteiger charge is -2.28. The third-order valence-corrected chi connectivity index (χ3v) is 3.06. The fourth-order valence-electron chi connectivity index (χ4n) is 1.35. The highest BCUT2D eigenvalue weighted by Gasteiger charge is 2.54. The molecule has 0 radical (unpaired) electrons. The predicted molar refractivity (Wildman–Crippen MR) is 49.0 cm³/mol. The van der Waals surface area contributed by atoms with Crippen molar-refractivity contribution in [3.05, 3.63) is 0 Å². The van der Waals surface area contributed by atoms with Crippen LogP contribution in [-0.4, -0.2) is 23.9 Å². The molecule has 1 aliphatic rings. The first kappa shape index (κ1) is 10.5. The molecule has 0 aromatic heterocycles. The molecule has 3 heteroatoms. The van der Waals surface area contributed by atoms with Crippen LogP contribution in [0.4, 0.5) is 0 Å². The molecule has 0 aliphatic heterocycles. The van der Waals surface area contributed by atoms with Crippen LogP contribution in [-0.2, 0) is 4.74 Å². The van der Waals surface area contributed by atoms with Gasteiger partial charge in [0.1, 0.15) is 0 Å². The predicted octanol–water partition coefficient (Wildman–Crippen LogP) is 1.47. The Morgan fingerprint density at radius 1 is 1.62 bits per heavy atom. The van der Waals surface area contributed by atoms with Gasteiger partial charge in [-0.05, 0) is 26.2 Å². The van der Waals surface area contributed by atoms with Gasteiger partial charge < -0.3 is 9.84 Å². The smallest absolute Gasteiger partial charge is 0.156 e. The summed E-state index contributed by atoms with van der Waals surface area (Å²) in [6.45, 7) is 4.51. The van der Waals surface area contributed by atoms with Gasteiger partial charge in [0.25, 0.3) is 0 Å². The van der Waals surface area contributed by atoms with Crippen molar-refractivity contribution in [2.24, 2.45) is 5.41 Å². The lowest BCUT2D eigenvalue weighted by atomic mass is 9.89. The molecule has 0 bridgehead atoms. The first-order chi connectivity index (χ1) is 6.08. The second kappa shape index (κ2) is 3.65. The van der Waals surface area contributed by atoms with E-state index in [0.29, 0.717) is 13.0 Å². The van der Waals surface area contributed by atoms with Crippen molar-refractivity contribution in [3.63, 3.8) is 0 Å². The Hall–Kier alpha value is -0.590. The fraction of sp³-hybridized carbons (Fsp3) is 0.900. The summed E-state index contributed by atoms with van der Waals surface area (Å²) >= 11 is 0. The molecule has 1 aliphatic carbocycles. The van der Waals surface area contributed by atoms with Crippen LogP contribution in [0.2, 0.25) is 0 Å². The Morgan fingerprint density at radius 3 is 2.62 bits per heavy atom. The van der Waals surface area contributed by atoms with Crippen LogP contribution < -0.4 is 0 Å². The molecule has 13 heavy (non-hydrogen) atoms. The molecule has 1 atom stereocenters. The van der Waals surface area contributed by atoms with Gasteiger partial charge in [-0.3, -0.25) is 0 Å². The maximum Gasteiger partial charge on any atom is 0.156 e. The molecular formula is C10H17NO2. The summed E-state index contributed by atoms with van der Waals surface area (Å²) in [5.74, 6) is 0. The van der Waals surface area contributed by atoms with Crippen LogP contribution >= 0.6 is 0 Å². The van der Waals surface area contributed by atoms with E-state index in [1.165, 1.54) is 0 Å². The number of hydrogen-bond donors (Lipinski definition) is 1. The van der Waals surface area contributed by atoms with Crippen LogP contribution in [0.25, 0.3) is 0 Å². The minimum Gasteiger partial charge on any atom is -0.396 e. The first-order valence-corrected chi connectivity index (χ1v) is 4.74. The van der Waals surface area contributed by atoms with Crippen molar-refractivity contribution in [1.29, 1.82) is 5.26 Å². The van der Waals surface area contributed by atoms with Crippen molar-refractivity contribution in [2.45, 2.75) is 38.7 Å². The second-order valence-corrected chi connectivity index (χ2v) is 4.13. The Labute approximate surface area is 79.3 Å². The van der Waals surface area contributed by atoms with E-state index >= 15 is 0 Å². The van der Waals surface area contributed by atoms with Crippen LogP contribution in [0.15, 0.2) is 0 Å². The van der Waals surface area contributed by atoms with Gasteiger partial charge in [-0.15, -0.1) is 0 Å². The van der Waals surface area contributed by atoms with E-state index in [-0.39, 0.29) is 12.0 Å². The number of aliphatic hydroxyl groups excluding tert-OH is 1. The van der Waals surface area contributed by atoms with E-state index in [4.69, 9.17) is 15.1 Å². The van der Waals surface area contributed by atoms with E-state index in [9.17, 15) is 0 Å². The molecule has 0 aromatic carbocycles. The van der Waals surface area contributed by atoms with Crippen molar-refractivity contribution in [1.82, 2.24) is 0 Å². The average Bonchev–Trinajstić information content (AvgIpc) is 2.85. The Bertz CT molecular complexity index is 217. The normalized spacial score (nSPS) is 23.2. The lowest BCUT2D eigenvalue weighted by Crippen LogP contribution is -2.36. The second-order valence-electron chi connectivity index (χ2n) is 4.13. The zero-order valence-corrected chi connectivity index (χ0v) is 8.34. The number of nitrogens with zero attached hydrogens (tertiary/aromatic N) is 1. The summed E-state index contributed by atoms with van der Waals surface area (Å²) in [6.07, 6.45) is 2.74. The highest BCUT2D eigenvalue weighted by molar-refractivity contribution is 5.15. The van der Waals surface area contributed by atoms with Crippen LogP contribution in [0.3, 0.4) is 0 Å².